The Balaban J connectivity index is 1.51. The highest BCUT2D eigenvalue weighted by Gasteiger charge is 2.21. The van der Waals surface area contributed by atoms with E-state index in [9.17, 15) is 13.2 Å². The number of hydrogen-bond donors (Lipinski definition) is 1. The van der Waals surface area contributed by atoms with E-state index in [2.05, 4.69) is 15.7 Å². The number of unbranched alkanes of at least 4 members (excludes halogenated alkanes) is 1. The van der Waals surface area contributed by atoms with Crippen molar-refractivity contribution in [3.63, 3.8) is 0 Å². The second-order valence-corrected chi connectivity index (χ2v) is 9.70. The largest absolute Gasteiger partial charge is 0.368 e. The van der Waals surface area contributed by atoms with Gasteiger partial charge in [-0.25, -0.2) is 8.42 Å². The fourth-order valence-corrected chi connectivity index (χ4v) is 4.89. The number of carbonyl (C=O) groups excluding carboxylic acids is 1. The highest BCUT2D eigenvalue weighted by Crippen LogP contribution is 2.21. The standard InChI is InChI=1S/C23H31N3O3S/c1-3-4-16-30(28,29)24-21-8-10-22(11-9-21)25-12-14-26(15-13-25)23(27)18-20-7-5-6-19(2)17-20/h5-11,17,24H,3-4,12-16,18H2,1-2H3. The van der Waals surface area contributed by atoms with Crippen molar-refractivity contribution >= 4 is 27.3 Å². The van der Waals surface area contributed by atoms with Crippen LogP contribution >= 0.6 is 0 Å². The topological polar surface area (TPSA) is 69.7 Å². The van der Waals surface area contributed by atoms with Gasteiger partial charge in [-0.15, -0.1) is 0 Å². The smallest absolute Gasteiger partial charge is 0.232 e. The summed E-state index contributed by atoms with van der Waals surface area (Å²) in [7, 11) is -3.29. The van der Waals surface area contributed by atoms with E-state index in [1.807, 2.05) is 49.1 Å². The lowest BCUT2D eigenvalue weighted by Crippen LogP contribution is -2.49. The molecular formula is C23H31N3O3S. The molecule has 3 rings (SSSR count). The molecule has 30 heavy (non-hydrogen) atoms. The lowest BCUT2D eigenvalue weighted by Gasteiger charge is -2.36. The van der Waals surface area contributed by atoms with Crippen molar-refractivity contribution in [1.29, 1.82) is 0 Å². The minimum absolute atomic E-state index is 0.143. The van der Waals surface area contributed by atoms with Crippen molar-refractivity contribution in [3.8, 4) is 0 Å². The third-order valence-corrected chi connectivity index (χ3v) is 6.72. The fraction of sp³-hybridized carbons (Fsp3) is 0.435. The monoisotopic (exact) mass is 429 g/mol. The maximum atomic E-state index is 12.6. The third kappa shape index (κ3) is 6.23. The van der Waals surface area contributed by atoms with Crippen LogP contribution < -0.4 is 9.62 Å². The van der Waals surface area contributed by atoms with Gasteiger partial charge in [-0.05, 0) is 43.2 Å². The molecule has 1 aliphatic rings. The zero-order chi connectivity index (χ0) is 21.6. The molecule has 0 aromatic heterocycles. The molecule has 6 nitrogen and oxygen atoms in total. The lowest BCUT2D eigenvalue weighted by molar-refractivity contribution is -0.130. The van der Waals surface area contributed by atoms with E-state index in [4.69, 9.17) is 0 Å². The van der Waals surface area contributed by atoms with Crippen LogP contribution in [0.15, 0.2) is 48.5 Å². The van der Waals surface area contributed by atoms with Crippen molar-refractivity contribution in [1.82, 2.24) is 4.90 Å². The van der Waals surface area contributed by atoms with Gasteiger partial charge in [-0.3, -0.25) is 9.52 Å². The summed E-state index contributed by atoms with van der Waals surface area (Å²) in [5, 5.41) is 0. The van der Waals surface area contributed by atoms with Gasteiger partial charge in [-0.1, -0.05) is 43.2 Å². The molecule has 1 heterocycles. The molecule has 1 aliphatic heterocycles. The van der Waals surface area contributed by atoms with Gasteiger partial charge < -0.3 is 9.80 Å². The molecule has 162 valence electrons. The number of piperazine rings is 1. The first-order valence-corrected chi connectivity index (χ1v) is 12.2. The van der Waals surface area contributed by atoms with Gasteiger partial charge in [0.25, 0.3) is 0 Å². The molecule has 1 N–H and O–H groups in total. The summed E-state index contributed by atoms with van der Waals surface area (Å²) < 4.78 is 26.7. The van der Waals surface area contributed by atoms with Gasteiger partial charge in [-0.2, -0.15) is 0 Å². The molecular weight excluding hydrogens is 398 g/mol. The molecule has 1 fully saturated rings. The van der Waals surface area contributed by atoms with Crippen molar-refractivity contribution in [2.45, 2.75) is 33.1 Å². The number of aryl methyl sites for hydroxylation is 1. The second kappa shape index (κ2) is 9.98. The van der Waals surface area contributed by atoms with Crippen molar-refractivity contribution in [2.24, 2.45) is 0 Å². The molecule has 0 unspecified atom stereocenters. The minimum Gasteiger partial charge on any atom is -0.368 e. The number of sulfonamides is 1. The number of amides is 1. The number of nitrogens with one attached hydrogen (secondary N) is 1. The quantitative estimate of drug-likeness (QED) is 0.698. The molecule has 2 aromatic carbocycles. The molecule has 0 spiro atoms. The fourth-order valence-electron chi connectivity index (χ4n) is 3.63. The Morgan fingerprint density at radius 2 is 1.73 bits per heavy atom. The molecule has 0 radical (unpaired) electrons. The van der Waals surface area contributed by atoms with Crippen molar-refractivity contribution in [2.75, 3.05) is 41.6 Å². The van der Waals surface area contributed by atoms with Gasteiger partial charge in [0.15, 0.2) is 0 Å². The Bertz CT molecular complexity index is 950. The summed E-state index contributed by atoms with van der Waals surface area (Å²) >= 11 is 0. The van der Waals surface area contributed by atoms with Gasteiger partial charge in [0.1, 0.15) is 0 Å². The maximum absolute atomic E-state index is 12.6. The molecule has 1 amide bonds. The predicted octanol–water partition coefficient (Wildman–Crippen LogP) is 3.43. The maximum Gasteiger partial charge on any atom is 0.232 e. The van der Waals surface area contributed by atoms with Crippen LogP contribution in [0.25, 0.3) is 0 Å². The Kier molecular flexibility index (Phi) is 7.37. The molecule has 7 heteroatoms. The van der Waals surface area contributed by atoms with Crippen LogP contribution in [0.5, 0.6) is 0 Å². The molecule has 0 aliphatic carbocycles. The van der Waals surface area contributed by atoms with E-state index in [0.717, 1.165) is 30.8 Å². The van der Waals surface area contributed by atoms with Gasteiger partial charge in [0.05, 0.1) is 12.2 Å². The van der Waals surface area contributed by atoms with Crippen LogP contribution in [0, 0.1) is 6.92 Å². The number of nitrogens with zero attached hydrogens (tertiary/aromatic N) is 2. The van der Waals surface area contributed by atoms with Crippen LogP contribution in [0.4, 0.5) is 11.4 Å². The van der Waals surface area contributed by atoms with Gasteiger partial charge in [0.2, 0.25) is 15.9 Å². The van der Waals surface area contributed by atoms with E-state index in [0.29, 0.717) is 31.6 Å². The Hall–Kier alpha value is -2.54. The summed E-state index contributed by atoms with van der Waals surface area (Å²) in [4.78, 5) is 16.8. The van der Waals surface area contributed by atoms with E-state index in [1.54, 1.807) is 12.1 Å². The summed E-state index contributed by atoms with van der Waals surface area (Å²) in [5.41, 5.74) is 3.85. The van der Waals surface area contributed by atoms with Crippen LogP contribution in [0.3, 0.4) is 0 Å². The Labute approximate surface area is 179 Å². The van der Waals surface area contributed by atoms with E-state index < -0.39 is 10.0 Å². The number of rotatable bonds is 8. The van der Waals surface area contributed by atoms with E-state index >= 15 is 0 Å². The molecule has 0 atom stereocenters. The second-order valence-electron chi connectivity index (χ2n) is 7.86. The molecule has 2 aromatic rings. The number of anilines is 2. The van der Waals surface area contributed by atoms with E-state index in [-0.39, 0.29) is 11.7 Å². The molecule has 0 saturated carbocycles. The summed E-state index contributed by atoms with van der Waals surface area (Å²) in [6.45, 7) is 6.92. The van der Waals surface area contributed by atoms with Crippen LogP contribution in [0.1, 0.15) is 30.9 Å². The lowest BCUT2D eigenvalue weighted by atomic mass is 10.1. The minimum atomic E-state index is -3.29. The van der Waals surface area contributed by atoms with Gasteiger partial charge >= 0.3 is 0 Å². The first kappa shape index (κ1) is 22.2. The van der Waals surface area contributed by atoms with Crippen LogP contribution in [-0.2, 0) is 21.2 Å². The average molecular weight is 430 g/mol. The summed E-state index contributed by atoms with van der Waals surface area (Å²) in [5.74, 6) is 0.307. The Morgan fingerprint density at radius 3 is 2.37 bits per heavy atom. The zero-order valence-electron chi connectivity index (χ0n) is 17.8. The van der Waals surface area contributed by atoms with E-state index in [1.165, 1.54) is 5.56 Å². The summed E-state index contributed by atoms with van der Waals surface area (Å²) in [6, 6.07) is 15.6. The number of hydrogen-bond acceptors (Lipinski definition) is 4. The van der Waals surface area contributed by atoms with Crippen molar-refractivity contribution < 1.29 is 13.2 Å². The van der Waals surface area contributed by atoms with Gasteiger partial charge in [0, 0.05) is 37.6 Å². The van der Waals surface area contributed by atoms with Crippen molar-refractivity contribution in [3.05, 3.63) is 59.7 Å². The number of benzene rings is 2. The predicted molar refractivity (Wildman–Crippen MR) is 122 cm³/mol. The third-order valence-electron chi connectivity index (χ3n) is 5.34. The Morgan fingerprint density at radius 1 is 1.03 bits per heavy atom. The van der Waals surface area contributed by atoms with Crippen LogP contribution in [-0.4, -0.2) is 51.2 Å². The normalized spacial score (nSPS) is 14.6. The molecule has 0 bridgehead atoms. The zero-order valence-corrected chi connectivity index (χ0v) is 18.6. The molecule has 1 saturated heterocycles. The highest BCUT2D eigenvalue weighted by atomic mass is 32.2. The van der Waals surface area contributed by atoms with Crippen LogP contribution in [0.2, 0.25) is 0 Å². The first-order chi connectivity index (χ1) is 14.4. The average Bonchev–Trinajstić information content (AvgIpc) is 2.73. The first-order valence-electron chi connectivity index (χ1n) is 10.5. The SMILES string of the molecule is CCCCS(=O)(=O)Nc1ccc(N2CCN(C(=O)Cc3cccc(C)c3)CC2)cc1. The summed E-state index contributed by atoms with van der Waals surface area (Å²) in [6.07, 6.45) is 1.94. The number of carbonyl (C=O) groups is 1. The highest BCUT2D eigenvalue weighted by molar-refractivity contribution is 7.92.